The average Bonchev–Trinajstić information content (AvgIpc) is 3.44. The summed E-state index contributed by atoms with van der Waals surface area (Å²) in [5.74, 6) is -0.0789. The van der Waals surface area contributed by atoms with Gasteiger partial charge in [0, 0.05) is 22.6 Å². The van der Waals surface area contributed by atoms with Crippen LogP contribution in [0, 0.1) is 0 Å². The van der Waals surface area contributed by atoms with Gasteiger partial charge in [0.1, 0.15) is 5.41 Å². The molecule has 2 aliphatic rings. The van der Waals surface area contributed by atoms with Crippen LogP contribution in [0.2, 0.25) is 10.0 Å². The van der Waals surface area contributed by atoms with Gasteiger partial charge < -0.3 is 10.4 Å². The molecular weight excluding hydrogens is 373 g/mol. The summed E-state index contributed by atoms with van der Waals surface area (Å²) < 4.78 is 0. The summed E-state index contributed by atoms with van der Waals surface area (Å²) in [7, 11) is 0. The van der Waals surface area contributed by atoms with Crippen LogP contribution in [0.5, 0.6) is 0 Å². The van der Waals surface area contributed by atoms with E-state index in [1.54, 1.807) is 24.3 Å². The number of aliphatic hydroxyl groups excluding tert-OH is 1. The van der Waals surface area contributed by atoms with E-state index < -0.39 is 17.9 Å². The molecule has 6 heteroatoms. The Bertz CT molecular complexity index is 906. The minimum Gasteiger partial charge on any atom is -0.395 e. The van der Waals surface area contributed by atoms with Crippen molar-refractivity contribution in [3.05, 3.63) is 63.1 Å². The Labute approximate surface area is 161 Å². The molecule has 0 bridgehead atoms. The van der Waals surface area contributed by atoms with Crippen LogP contribution >= 0.6 is 23.2 Å². The molecule has 1 saturated carbocycles. The Morgan fingerprint density at radius 1 is 1.12 bits per heavy atom. The third kappa shape index (κ3) is 2.73. The van der Waals surface area contributed by atoms with Crippen LogP contribution in [0.1, 0.15) is 46.7 Å². The third-order valence-electron chi connectivity index (χ3n) is 5.27. The molecule has 0 spiro atoms. The van der Waals surface area contributed by atoms with E-state index in [0.29, 0.717) is 32.8 Å². The molecule has 0 aromatic heterocycles. The van der Waals surface area contributed by atoms with Crippen molar-refractivity contribution in [1.29, 1.82) is 0 Å². The molecule has 0 saturated heterocycles. The van der Waals surface area contributed by atoms with E-state index in [4.69, 9.17) is 23.2 Å². The fraction of sp³-hybridized carbons (Fsp3) is 0.300. The number of nitrogens with one attached hydrogen (secondary N) is 1. The molecule has 0 radical (unpaired) electrons. The molecule has 2 aromatic carbocycles. The molecule has 2 N–H and O–H groups in total. The van der Waals surface area contributed by atoms with Gasteiger partial charge in [-0.2, -0.15) is 0 Å². The number of carbonyl (C=O) groups excluding carboxylic acids is 2. The molecular formula is C20H17Cl2NO3. The highest BCUT2D eigenvalue weighted by molar-refractivity contribution is 6.38. The van der Waals surface area contributed by atoms with Crippen LogP contribution in [0.15, 0.2) is 36.4 Å². The normalized spacial score (nSPS) is 21.4. The second-order valence-corrected chi connectivity index (χ2v) is 7.78. The molecule has 1 atom stereocenters. The monoisotopic (exact) mass is 389 g/mol. The van der Waals surface area contributed by atoms with E-state index in [0.717, 1.165) is 0 Å². The summed E-state index contributed by atoms with van der Waals surface area (Å²) in [6.45, 7) is -0.530. The van der Waals surface area contributed by atoms with Crippen molar-refractivity contribution in [2.75, 3.05) is 11.9 Å². The average molecular weight is 390 g/mol. The summed E-state index contributed by atoms with van der Waals surface area (Å²) in [4.78, 5) is 25.5. The number of carbonyl (C=O) groups is 2. The molecule has 1 unspecified atom stereocenters. The molecule has 1 aliphatic heterocycles. The van der Waals surface area contributed by atoms with Gasteiger partial charge in [0.05, 0.1) is 17.3 Å². The number of rotatable bonds is 5. The maximum Gasteiger partial charge on any atom is 0.238 e. The van der Waals surface area contributed by atoms with Crippen LogP contribution in [0.25, 0.3) is 0 Å². The van der Waals surface area contributed by atoms with Gasteiger partial charge >= 0.3 is 0 Å². The summed E-state index contributed by atoms with van der Waals surface area (Å²) in [5, 5.41) is 13.4. The van der Waals surface area contributed by atoms with Gasteiger partial charge in [-0.3, -0.25) is 9.59 Å². The predicted molar refractivity (Wildman–Crippen MR) is 101 cm³/mol. The molecule has 26 heavy (non-hydrogen) atoms. The number of Topliss-reactive ketones (excluding diaryl/α,β-unsaturated/α-hetero) is 1. The van der Waals surface area contributed by atoms with Gasteiger partial charge in [-0.15, -0.1) is 0 Å². The number of hydrogen-bond acceptors (Lipinski definition) is 3. The first kappa shape index (κ1) is 17.5. The molecule has 2 aromatic rings. The number of hydrogen-bond donors (Lipinski definition) is 2. The SMILES string of the molecule is O=C(CC1(CO)C(=O)Nc2c(Cl)ccc(Cl)c21)c1ccc(C2CC2)cc1. The number of ketones is 1. The molecule has 1 heterocycles. The van der Waals surface area contributed by atoms with E-state index in [1.807, 2.05) is 12.1 Å². The highest BCUT2D eigenvalue weighted by Gasteiger charge is 2.50. The zero-order valence-corrected chi connectivity index (χ0v) is 15.4. The van der Waals surface area contributed by atoms with E-state index >= 15 is 0 Å². The highest BCUT2D eigenvalue weighted by Crippen LogP contribution is 2.48. The lowest BCUT2D eigenvalue weighted by Crippen LogP contribution is -2.40. The molecule has 1 fully saturated rings. The number of anilines is 1. The smallest absolute Gasteiger partial charge is 0.238 e. The van der Waals surface area contributed by atoms with Crippen LogP contribution in [0.3, 0.4) is 0 Å². The lowest BCUT2D eigenvalue weighted by Gasteiger charge is -2.25. The Morgan fingerprint density at radius 2 is 1.77 bits per heavy atom. The summed E-state index contributed by atoms with van der Waals surface area (Å²) in [5.41, 5.74) is 1.08. The summed E-state index contributed by atoms with van der Waals surface area (Å²) >= 11 is 12.4. The topological polar surface area (TPSA) is 66.4 Å². The van der Waals surface area contributed by atoms with Crippen molar-refractivity contribution in [1.82, 2.24) is 0 Å². The van der Waals surface area contributed by atoms with Crippen molar-refractivity contribution in [2.24, 2.45) is 0 Å². The first-order valence-corrected chi connectivity index (χ1v) is 9.26. The minimum atomic E-state index is -1.43. The number of fused-ring (bicyclic) bond motifs is 1. The van der Waals surface area contributed by atoms with E-state index in [2.05, 4.69) is 5.32 Å². The van der Waals surface area contributed by atoms with Gasteiger partial charge in [0.25, 0.3) is 0 Å². The lowest BCUT2D eigenvalue weighted by atomic mass is 9.77. The summed E-state index contributed by atoms with van der Waals surface area (Å²) in [6.07, 6.45) is 2.21. The van der Waals surface area contributed by atoms with Crippen LogP contribution in [-0.2, 0) is 10.2 Å². The number of aliphatic hydroxyl groups is 1. The largest absolute Gasteiger partial charge is 0.395 e. The number of benzene rings is 2. The van der Waals surface area contributed by atoms with Crippen LogP contribution in [-0.4, -0.2) is 23.4 Å². The van der Waals surface area contributed by atoms with E-state index in [1.165, 1.54) is 18.4 Å². The van der Waals surface area contributed by atoms with Crippen molar-refractivity contribution in [2.45, 2.75) is 30.6 Å². The number of halogens is 2. The Hall–Kier alpha value is -1.88. The van der Waals surface area contributed by atoms with Crippen LogP contribution in [0.4, 0.5) is 5.69 Å². The Balaban J connectivity index is 1.68. The quantitative estimate of drug-likeness (QED) is 0.747. The molecule has 1 amide bonds. The van der Waals surface area contributed by atoms with E-state index in [-0.39, 0.29) is 12.2 Å². The van der Waals surface area contributed by atoms with Crippen molar-refractivity contribution < 1.29 is 14.7 Å². The maximum atomic E-state index is 12.8. The molecule has 4 nitrogen and oxygen atoms in total. The van der Waals surface area contributed by atoms with Gasteiger partial charge in [-0.05, 0) is 36.5 Å². The number of amides is 1. The van der Waals surface area contributed by atoms with Crippen molar-refractivity contribution >= 4 is 40.6 Å². The Morgan fingerprint density at radius 3 is 2.38 bits per heavy atom. The van der Waals surface area contributed by atoms with Gasteiger partial charge in [-0.1, -0.05) is 47.5 Å². The molecule has 4 rings (SSSR count). The maximum absolute atomic E-state index is 12.8. The van der Waals surface area contributed by atoms with Gasteiger partial charge in [-0.25, -0.2) is 0 Å². The molecule has 1 aliphatic carbocycles. The third-order valence-corrected chi connectivity index (χ3v) is 5.90. The van der Waals surface area contributed by atoms with Crippen molar-refractivity contribution in [3.63, 3.8) is 0 Å². The zero-order valence-electron chi connectivity index (χ0n) is 13.9. The predicted octanol–water partition coefficient (Wildman–Crippen LogP) is 4.33. The minimum absolute atomic E-state index is 0.175. The Kier molecular flexibility index (Phi) is 4.30. The fourth-order valence-electron chi connectivity index (χ4n) is 3.60. The second kappa shape index (κ2) is 6.38. The van der Waals surface area contributed by atoms with Crippen LogP contribution < -0.4 is 5.32 Å². The highest BCUT2D eigenvalue weighted by atomic mass is 35.5. The standard InChI is InChI=1S/C20H17Cl2NO3/c21-14-7-8-15(22)18-17(14)20(10-24,19(26)23-18)9-16(25)13-5-3-12(4-6-13)11-1-2-11/h3-8,11,24H,1-2,9-10H2,(H,23,26). The van der Waals surface area contributed by atoms with Gasteiger partial charge in [0.2, 0.25) is 5.91 Å². The second-order valence-electron chi connectivity index (χ2n) is 6.97. The van der Waals surface area contributed by atoms with Crippen molar-refractivity contribution in [3.8, 4) is 0 Å². The van der Waals surface area contributed by atoms with E-state index in [9.17, 15) is 14.7 Å². The zero-order chi connectivity index (χ0) is 18.5. The lowest BCUT2D eigenvalue weighted by molar-refractivity contribution is -0.122. The molecule has 134 valence electrons. The first-order valence-electron chi connectivity index (χ1n) is 8.50. The van der Waals surface area contributed by atoms with Gasteiger partial charge in [0.15, 0.2) is 5.78 Å². The first-order chi connectivity index (χ1) is 12.5. The summed E-state index contributed by atoms with van der Waals surface area (Å²) in [6, 6.07) is 10.6. The fourth-order valence-corrected chi connectivity index (χ4v) is 4.14.